The summed E-state index contributed by atoms with van der Waals surface area (Å²) in [6.07, 6.45) is 2.14. The van der Waals surface area contributed by atoms with Crippen LogP contribution in [0, 0.1) is 5.92 Å². The second-order valence-electron chi connectivity index (χ2n) is 13.9. The molecule has 0 spiro atoms. The fourth-order valence-electron chi connectivity index (χ4n) is 5.40. The Bertz CT molecular complexity index is 1440. The summed E-state index contributed by atoms with van der Waals surface area (Å²) in [5.74, 6) is -4.84. The largest absolute Gasteiger partial charge is 0.370 e. The molecule has 0 aliphatic carbocycles. The van der Waals surface area contributed by atoms with E-state index in [0.29, 0.717) is 19.4 Å². The van der Waals surface area contributed by atoms with Crippen molar-refractivity contribution in [3.63, 3.8) is 0 Å². The lowest BCUT2D eigenvalue weighted by Crippen LogP contribution is -2.59. The summed E-state index contributed by atoms with van der Waals surface area (Å²) in [4.78, 5) is 94.5. The predicted octanol–water partition coefficient (Wildman–Crippen LogP) is -2.63. The van der Waals surface area contributed by atoms with E-state index >= 15 is 0 Å². The molecule has 0 bridgehead atoms. The molecule has 0 aromatic heterocycles. The van der Waals surface area contributed by atoms with Crippen molar-refractivity contribution in [2.45, 2.75) is 121 Å². The molecule has 0 aliphatic heterocycles. The monoisotopic (exact) mass is 774 g/mol. The maximum Gasteiger partial charge on any atom is 0.243 e. The first kappa shape index (κ1) is 47.7. The van der Waals surface area contributed by atoms with Crippen molar-refractivity contribution >= 4 is 47.3 Å². The quantitative estimate of drug-likeness (QED) is 0.0249. The average molecular weight is 775 g/mol. The van der Waals surface area contributed by atoms with Crippen molar-refractivity contribution in [2.24, 2.45) is 45.3 Å². The van der Waals surface area contributed by atoms with Gasteiger partial charge in [0.25, 0.3) is 0 Å². The smallest absolute Gasteiger partial charge is 0.243 e. The molecule has 1 aromatic carbocycles. The first-order valence-electron chi connectivity index (χ1n) is 18.6. The summed E-state index contributed by atoms with van der Waals surface area (Å²) in [7, 11) is 0. The SMILES string of the molecule is CC(C)C[C@H](NC(=O)[C@H](CCCN=C(N)N)NC(=O)[C@H](CCCCN)NC(=O)[C@H](Cc1ccccc1)NC(=O)[C@@H](N)CCCC(N)=O)C(=O)N[C@@H](C)C(N)=O. The van der Waals surface area contributed by atoms with Gasteiger partial charge in [-0.05, 0) is 76.3 Å². The zero-order chi connectivity index (χ0) is 41.5. The molecule has 308 valence electrons. The molecule has 1 rings (SSSR count). The van der Waals surface area contributed by atoms with Crippen molar-refractivity contribution in [3.05, 3.63) is 35.9 Å². The minimum atomic E-state index is -1.20. The minimum Gasteiger partial charge on any atom is -0.370 e. The van der Waals surface area contributed by atoms with Gasteiger partial charge >= 0.3 is 0 Å². The molecule has 0 saturated carbocycles. The highest BCUT2D eigenvalue weighted by molar-refractivity contribution is 5.96. The van der Waals surface area contributed by atoms with Crippen molar-refractivity contribution in [2.75, 3.05) is 13.1 Å². The van der Waals surface area contributed by atoms with Gasteiger partial charge in [-0.2, -0.15) is 0 Å². The number of primary amides is 2. The van der Waals surface area contributed by atoms with E-state index in [0.717, 1.165) is 5.56 Å². The number of nitrogens with one attached hydrogen (secondary N) is 5. The highest BCUT2D eigenvalue weighted by Crippen LogP contribution is 2.11. The van der Waals surface area contributed by atoms with Gasteiger partial charge in [-0.25, -0.2) is 0 Å². The molecule has 0 fully saturated rings. The Hall–Kier alpha value is -5.30. The summed E-state index contributed by atoms with van der Waals surface area (Å²) < 4.78 is 0. The van der Waals surface area contributed by atoms with E-state index in [-0.39, 0.29) is 69.8 Å². The highest BCUT2D eigenvalue weighted by Gasteiger charge is 2.32. The lowest BCUT2D eigenvalue weighted by Gasteiger charge is -2.27. The number of hydrogen-bond acceptors (Lipinski definition) is 10. The van der Waals surface area contributed by atoms with Crippen LogP contribution < -0.4 is 61.0 Å². The van der Waals surface area contributed by atoms with E-state index in [1.165, 1.54) is 6.92 Å². The number of amides is 7. The van der Waals surface area contributed by atoms with Crippen molar-refractivity contribution < 1.29 is 33.6 Å². The van der Waals surface area contributed by atoms with E-state index in [4.69, 9.17) is 34.4 Å². The van der Waals surface area contributed by atoms with Gasteiger partial charge in [-0.1, -0.05) is 44.2 Å². The van der Waals surface area contributed by atoms with Gasteiger partial charge < -0.3 is 61.0 Å². The van der Waals surface area contributed by atoms with Crippen LogP contribution in [-0.2, 0) is 40.0 Å². The summed E-state index contributed by atoms with van der Waals surface area (Å²) in [6, 6.07) is 2.26. The van der Waals surface area contributed by atoms with Crippen LogP contribution in [0.4, 0.5) is 0 Å². The first-order chi connectivity index (χ1) is 25.9. The van der Waals surface area contributed by atoms with E-state index in [9.17, 15) is 33.6 Å². The molecular weight excluding hydrogens is 712 g/mol. The maximum atomic E-state index is 14.0. The van der Waals surface area contributed by atoms with Gasteiger partial charge in [0.2, 0.25) is 41.4 Å². The van der Waals surface area contributed by atoms with E-state index in [2.05, 4.69) is 31.6 Å². The standard InChI is InChI=1S/C36H62N12O7/c1-21(2)19-27(34(54)44-22(3)30(40)50)48-33(53)26(15-10-18-43-36(41)42)45-32(52)25(14-7-8-17-37)46-35(55)28(20-23-11-5-4-6-12-23)47-31(51)24(38)13-9-16-29(39)49/h4-6,11-12,21-22,24-28H,7-10,13-20,37-38H2,1-3H3,(H2,39,49)(H2,40,50)(H,44,54)(H,45,52)(H,46,55)(H,47,51)(H,48,53)(H4,41,42,43)/t22-,24-,25-,26-,27-,28-/m0/s1. The molecule has 0 unspecified atom stereocenters. The van der Waals surface area contributed by atoms with Gasteiger partial charge in [0.1, 0.15) is 30.2 Å². The summed E-state index contributed by atoms with van der Waals surface area (Å²) in [6.45, 7) is 5.57. The van der Waals surface area contributed by atoms with Crippen LogP contribution in [0.25, 0.3) is 0 Å². The number of nitrogens with zero attached hydrogens (tertiary/aromatic N) is 1. The molecule has 6 atom stereocenters. The van der Waals surface area contributed by atoms with E-state index in [1.54, 1.807) is 30.3 Å². The van der Waals surface area contributed by atoms with Crippen LogP contribution in [0.5, 0.6) is 0 Å². The van der Waals surface area contributed by atoms with Crippen LogP contribution in [-0.4, -0.2) is 96.7 Å². The molecule has 19 nitrogen and oxygen atoms in total. The van der Waals surface area contributed by atoms with Crippen LogP contribution in [0.15, 0.2) is 35.3 Å². The molecule has 1 aromatic rings. The van der Waals surface area contributed by atoms with Crippen LogP contribution >= 0.6 is 0 Å². The summed E-state index contributed by atoms with van der Waals surface area (Å²) in [5, 5.41) is 13.3. The molecule has 19 heteroatoms. The third kappa shape index (κ3) is 20.1. The van der Waals surface area contributed by atoms with Gasteiger partial charge in [-0.3, -0.25) is 38.6 Å². The first-order valence-corrected chi connectivity index (χ1v) is 18.6. The Morgan fingerprint density at radius 2 is 1.16 bits per heavy atom. The molecule has 0 heterocycles. The number of nitrogens with two attached hydrogens (primary N) is 6. The Balaban J connectivity index is 3.37. The third-order valence-corrected chi connectivity index (χ3v) is 8.47. The second-order valence-corrected chi connectivity index (χ2v) is 13.9. The van der Waals surface area contributed by atoms with Crippen LogP contribution in [0.1, 0.15) is 84.1 Å². The van der Waals surface area contributed by atoms with Crippen molar-refractivity contribution in [3.8, 4) is 0 Å². The molecule has 55 heavy (non-hydrogen) atoms. The van der Waals surface area contributed by atoms with E-state index < -0.39 is 77.6 Å². The van der Waals surface area contributed by atoms with Gasteiger partial charge in [0.05, 0.1) is 6.04 Å². The number of benzene rings is 1. The maximum absolute atomic E-state index is 14.0. The fourth-order valence-corrected chi connectivity index (χ4v) is 5.40. The number of guanidine groups is 1. The molecule has 0 aliphatic rings. The Morgan fingerprint density at radius 1 is 0.636 bits per heavy atom. The lowest BCUT2D eigenvalue weighted by molar-refractivity contribution is -0.135. The topological polar surface area (TPSA) is 348 Å². The number of hydrogen-bond donors (Lipinski definition) is 11. The highest BCUT2D eigenvalue weighted by atomic mass is 16.2. The predicted molar refractivity (Wildman–Crippen MR) is 208 cm³/mol. The lowest BCUT2D eigenvalue weighted by atomic mass is 10.0. The van der Waals surface area contributed by atoms with Gasteiger partial charge in [0, 0.05) is 19.4 Å². The fraction of sp³-hybridized carbons (Fsp3) is 0.611. The van der Waals surface area contributed by atoms with E-state index in [1.807, 2.05) is 13.8 Å². The molecular formula is C36H62N12O7. The van der Waals surface area contributed by atoms with Gasteiger partial charge in [0.15, 0.2) is 5.96 Å². The number of carbonyl (C=O) groups excluding carboxylic acids is 7. The van der Waals surface area contributed by atoms with Crippen LogP contribution in [0.2, 0.25) is 0 Å². The Morgan fingerprint density at radius 3 is 1.69 bits per heavy atom. The molecule has 7 amide bonds. The normalized spacial score (nSPS) is 14.2. The Kier molecular flexibility index (Phi) is 22.3. The number of unbranched alkanes of at least 4 members (excludes halogenated alkanes) is 1. The average Bonchev–Trinajstić information content (AvgIpc) is 3.11. The molecule has 0 radical (unpaired) electrons. The summed E-state index contributed by atoms with van der Waals surface area (Å²) >= 11 is 0. The van der Waals surface area contributed by atoms with Crippen molar-refractivity contribution in [1.29, 1.82) is 0 Å². The number of aliphatic imine (C=N–C) groups is 1. The number of rotatable bonds is 27. The van der Waals surface area contributed by atoms with Gasteiger partial charge in [-0.15, -0.1) is 0 Å². The third-order valence-electron chi connectivity index (χ3n) is 8.47. The van der Waals surface area contributed by atoms with Crippen LogP contribution in [0.3, 0.4) is 0 Å². The zero-order valence-corrected chi connectivity index (χ0v) is 32.2. The Labute approximate surface area is 322 Å². The minimum absolute atomic E-state index is 0.0435. The number of carbonyl (C=O) groups is 7. The summed E-state index contributed by atoms with van der Waals surface area (Å²) in [5.41, 5.74) is 33.9. The zero-order valence-electron chi connectivity index (χ0n) is 32.2. The van der Waals surface area contributed by atoms with Crippen molar-refractivity contribution in [1.82, 2.24) is 26.6 Å². The molecule has 17 N–H and O–H groups in total. The molecule has 0 saturated heterocycles. The second kappa shape index (κ2) is 25.7.